The number of rotatable bonds is 10. The number of aromatic hydroxyl groups is 1. The van der Waals surface area contributed by atoms with Gasteiger partial charge in [0.05, 0.1) is 0 Å². The normalized spacial score (nSPS) is 13.8. The summed E-state index contributed by atoms with van der Waals surface area (Å²) < 4.78 is 5.43. The summed E-state index contributed by atoms with van der Waals surface area (Å²) in [6.07, 6.45) is -0.0954. The Morgan fingerprint density at radius 1 is 1.00 bits per heavy atom. The molecule has 3 unspecified atom stereocenters. The zero-order valence-corrected chi connectivity index (χ0v) is 23.9. The highest BCUT2D eigenvalue weighted by atomic mass is 16.6. The van der Waals surface area contributed by atoms with Gasteiger partial charge in [0.15, 0.2) is 0 Å². The average Bonchev–Trinajstić information content (AvgIpc) is 2.84. The number of alkyl carbamates (subject to hydrolysis) is 1. The Bertz CT molecular complexity index is 1090. The summed E-state index contributed by atoms with van der Waals surface area (Å²) in [5.41, 5.74) is 1.07. The number of aryl methyl sites for hydroxylation is 1. The third-order valence-electron chi connectivity index (χ3n) is 6.36. The van der Waals surface area contributed by atoms with Crippen molar-refractivity contribution in [1.29, 1.82) is 0 Å². The molecular weight excluding hydrogens is 482 g/mol. The molecule has 2 aromatic carbocycles. The number of ether oxygens (including phenoxy) is 1. The Labute approximate surface area is 226 Å². The van der Waals surface area contributed by atoms with E-state index in [0.717, 1.165) is 5.56 Å². The highest BCUT2D eigenvalue weighted by molar-refractivity contribution is 5.93. The molecule has 0 fully saturated rings. The number of carbonyl (C=O) groups excluding carboxylic acids is 3. The van der Waals surface area contributed by atoms with E-state index >= 15 is 0 Å². The second-order valence-electron chi connectivity index (χ2n) is 11.0. The van der Waals surface area contributed by atoms with Crippen LogP contribution < -0.4 is 10.6 Å². The molecule has 0 aliphatic heterocycles. The van der Waals surface area contributed by atoms with E-state index in [4.69, 9.17) is 4.74 Å². The summed E-state index contributed by atoms with van der Waals surface area (Å²) in [5.74, 6) is -1.15. The van der Waals surface area contributed by atoms with Crippen LogP contribution in [0, 0.1) is 12.8 Å². The monoisotopic (exact) mass is 525 g/mol. The minimum absolute atomic E-state index is 0.0500. The molecular formula is C30H43N3O5. The smallest absolute Gasteiger partial charge is 0.408 e. The quantitative estimate of drug-likeness (QED) is 0.393. The molecule has 0 heterocycles. The van der Waals surface area contributed by atoms with Crippen LogP contribution in [0.1, 0.15) is 77.6 Å². The number of amides is 3. The van der Waals surface area contributed by atoms with E-state index in [1.165, 1.54) is 4.90 Å². The fourth-order valence-corrected chi connectivity index (χ4v) is 4.16. The predicted octanol–water partition coefficient (Wildman–Crippen LogP) is 5.23. The number of phenols is 1. The highest BCUT2D eigenvalue weighted by Crippen LogP contribution is 2.34. The van der Waals surface area contributed by atoms with Crippen molar-refractivity contribution in [2.24, 2.45) is 5.92 Å². The first-order valence-electron chi connectivity index (χ1n) is 13.2. The van der Waals surface area contributed by atoms with Gasteiger partial charge in [-0.3, -0.25) is 9.59 Å². The van der Waals surface area contributed by atoms with E-state index in [1.807, 2.05) is 58.0 Å². The molecule has 0 aromatic heterocycles. The van der Waals surface area contributed by atoms with Gasteiger partial charge in [-0.2, -0.15) is 0 Å². The van der Waals surface area contributed by atoms with Gasteiger partial charge in [0.2, 0.25) is 11.8 Å². The van der Waals surface area contributed by atoms with Crippen molar-refractivity contribution in [2.75, 3.05) is 0 Å². The summed E-state index contributed by atoms with van der Waals surface area (Å²) in [4.78, 5) is 42.1. The molecule has 0 spiro atoms. The molecule has 0 radical (unpaired) electrons. The molecule has 3 atom stereocenters. The summed E-state index contributed by atoms with van der Waals surface area (Å²) in [5, 5.41) is 16.6. The van der Waals surface area contributed by atoms with Gasteiger partial charge < -0.3 is 25.4 Å². The van der Waals surface area contributed by atoms with Crippen LogP contribution in [0.4, 0.5) is 4.79 Å². The lowest BCUT2D eigenvalue weighted by molar-refractivity contribution is -0.145. The molecule has 0 aliphatic carbocycles. The van der Waals surface area contributed by atoms with Crippen molar-refractivity contribution in [3.63, 3.8) is 0 Å². The standard InChI is InChI=1S/C30H43N3O5/c1-9-20(4)24(32-29(37)38-30(6,7)8)28(36)33(19(2)3)25(23-17-13-14-21(5)26(23)34)27(35)31-18-22-15-11-10-12-16-22/h10-17,19-20,24-25,34H,9,18H2,1-8H3,(H,31,35)(H,32,37). The van der Waals surface area contributed by atoms with E-state index in [1.54, 1.807) is 45.9 Å². The Hall–Kier alpha value is -3.55. The van der Waals surface area contributed by atoms with Crippen molar-refractivity contribution < 1.29 is 24.2 Å². The maximum Gasteiger partial charge on any atom is 0.408 e. The van der Waals surface area contributed by atoms with Gasteiger partial charge in [-0.15, -0.1) is 0 Å². The Morgan fingerprint density at radius 2 is 1.63 bits per heavy atom. The zero-order valence-electron chi connectivity index (χ0n) is 23.9. The van der Waals surface area contributed by atoms with E-state index in [2.05, 4.69) is 10.6 Å². The lowest BCUT2D eigenvalue weighted by Crippen LogP contribution is -2.57. The topological polar surface area (TPSA) is 108 Å². The summed E-state index contributed by atoms with van der Waals surface area (Å²) >= 11 is 0. The van der Waals surface area contributed by atoms with Crippen LogP contribution in [0.5, 0.6) is 5.75 Å². The van der Waals surface area contributed by atoms with Gasteiger partial charge in [-0.25, -0.2) is 4.79 Å². The van der Waals surface area contributed by atoms with E-state index < -0.39 is 41.6 Å². The Kier molecular flexibility index (Phi) is 10.7. The molecule has 3 amide bonds. The van der Waals surface area contributed by atoms with Gasteiger partial charge in [0.1, 0.15) is 23.4 Å². The second-order valence-corrected chi connectivity index (χ2v) is 11.0. The van der Waals surface area contributed by atoms with Gasteiger partial charge >= 0.3 is 6.09 Å². The SMILES string of the molecule is CCC(C)C(NC(=O)OC(C)(C)C)C(=O)N(C(C)C)C(C(=O)NCc1ccccc1)c1cccc(C)c1O. The molecule has 0 saturated carbocycles. The predicted molar refractivity (Wildman–Crippen MR) is 148 cm³/mol. The van der Waals surface area contributed by atoms with E-state index in [0.29, 0.717) is 17.5 Å². The molecule has 0 saturated heterocycles. The van der Waals surface area contributed by atoms with E-state index in [-0.39, 0.29) is 18.2 Å². The third-order valence-corrected chi connectivity index (χ3v) is 6.36. The molecule has 208 valence electrons. The van der Waals surface area contributed by atoms with Crippen LogP contribution >= 0.6 is 0 Å². The lowest BCUT2D eigenvalue weighted by Gasteiger charge is -2.38. The number of benzene rings is 2. The molecule has 2 rings (SSSR count). The highest BCUT2D eigenvalue weighted by Gasteiger charge is 2.40. The molecule has 3 N–H and O–H groups in total. The number of hydrogen-bond donors (Lipinski definition) is 3. The van der Waals surface area contributed by atoms with Gasteiger partial charge in [-0.05, 0) is 58.6 Å². The maximum absolute atomic E-state index is 14.2. The summed E-state index contributed by atoms with van der Waals surface area (Å²) in [6.45, 7) is 14.7. The van der Waals surface area contributed by atoms with Crippen molar-refractivity contribution in [3.05, 3.63) is 65.2 Å². The number of hydrogen-bond acceptors (Lipinski definition) is 5. The number of phenolic OH excluding ortho intramolecular Hbond substituents is 1. The second kappa shape index (κ2) is 13.3. The number of para-hydroxylation sites is 1. The molecule has 2 aromatic rings. The van der Waals surface area contributed by atoms with Crippen LogP contribution in [-0.4, -0.2) is 45.6 Å². The minimum atomic E-state index is -1.13. The molecule has 38 heavy (non-hydrogen) atoms. The molecule has 0 bridgehead atoms. The van der Waals surface area contributed by atoms with Gasteiger partial charge in [0, 0.05) is 18.2 Å². The van der Waals surface area contributed by atoms with Gasteiger partial charge in [0.25, 0.3) is 0 Å². The fraction of sp³-hybridized carbons (Fsp3) is 0.500. The molecule has 8 nitrogen and oxygen atoms in total. The van der Waals surface area contributed by atoms with Gasteiger partial charge in [-0.1, -0.05) is 68.8 Å². The average molecular weight is 526 g/mol. The summed E-state index contributed by atoms with van der Waals surface area (Å²) in [6, 6.07) is 12.1. The van der Waals surface area contributed by atoms with Crippen molar-refractivity contribution in [1.82, 2.24) is 15.5 Å². The molecule has 8 heteroatoms. The number of carbonyl (C=O) groups is 3. The van der Waals surface area contributed by atoms with Crippen molar-refractivity contribution in [3.8, 4) is 5.75 Å². The van der Waals surface area contributed by atoms with E-state index in [9.17, 15) is 19.5 Å². The van der Waals surface area contributed by atoms with Crippen LogP contribution in [0.25, 0.3) is 0 Å². The third kappa shape index (κ3) is 8.23. The zero-order chi connectivity index (χ0) is 28.6. The fourth-order valence-electron chi connectivity index (χ4n) is 4.16. The van der Waals surface area contributed by atoms with Crippen LogP contribution in [-0.2, 0) is 20.9 Å². The lowest BCUT2D eigenvalue weighted by atomic mass is 9.94. The Morgan fingerprint density at radius 3 is 2.18 bits per heavy atom. The first kappa shape index (κ1) is 30.7. The van der Waals surface area contributed by atoms with Crippen LogP contribution in [0.2, 0.25) is 0 Å². The number of nitrogens with zero attached hydrogens (tertiary/aromatic N) is 1. The maximum atomic E-state index is 14.2. The van der Waals surface area contributed by atoms with Crippen molar-refractivity contribution >= 4 is 17.9 Å². The Balaban J connectivity index is 2.52. The van der Waals surface area contributed by atoms with Crippen LogP contribution in [0.15, 0.2) is 48.5 Å². The number of nitrogens with one attached hydrogen (secondary N) is 2. The first-order valence-corrected chi connectivity index (χ1v) is 13.2. The largest absolute Gasteiger partial charge is 0.507 e. The van der Waals surface area contributed by atoms with Crippen LogP contribution in [0.3, 0.4) is 0 Å². The summed E-state index contributed by atoms with van der Waals surface area (Å²) in [7, 11) is 0. The van der Waals surface area contributed by atoms with Crippen molar-refractivity contribution in [2.45, 2.75) is 92.1 Å². The molecule has 0 aliphatic rings. The minimum Gasteiger partial charge on any atom is -0.507 e. The first-order chi connectivity index (χ1) is 17.8.